The van der Waals surface area contributed by atoms with Gasteiger partial charge in [-0.2, -0.15) is 0 Å². The van der Waals surface area contributed by atoms with E-state index in [1.807, 2.05) is 0 Å². The van der Waals surface area contributed by atoms with Crippen molar-refractivity contribution in [2.75, 3.05) is 11.9 Å². The maximum Gasteiger partial charge on any atom is 0.291 e. The van der Waals surface area contributed by atoms with E-state index in [9.17, 15) is 9.59 Å². The maximum atomic E-state index is 11.9. The van der Waals surface area contributed by atoms with Crippen LogP contribution < -0.4 is 15.8 Å². The molecule has 0 atom stereocenters. The summed E-state index contributed by atoms with van der Waals surface area (Å²) in [6.07, 6.45) is 1.46. The van der Waals surface area contributed by atoms with Gasteiger partial charge in [0.05, 0.1) is 6.26 Å². The summed E-state index contributed by atoms with van der Waals surface area (Å²) in [6.45, 7) is 1.61. The van der Waals surface area contributed by atoms with Crippen molar-refractivity contribution in [2.45, 2.75) is 6.92 Å². The molecule has 1 heterocycles. The van der Waals surface area contributed by atoms with Gasteiger partial charge >= 0.3 is 0 Å². The number of aryl methyl sites for hydroxylation is 1. The fourth-order valence-corrected chi connectivity index (χ4v) is 1.58. The van der Waals surface area contributed by atoms with Gasteiger partial charge in [0.1, 0.15) is 5.75 Å². The Kier molecular flexibility index (Phi) is 4.05. The summed E-state index contributed by atoms with van der Waals surface area (Å²) >= 11 is 0. The summed E-state index contributed by atoms with van der Waals surface area (Å²) in [5.41, 5.74) is 6.34. The third-order valence-corrected chi connectivity index (χ3v) is 2.56. The molecule has 1 aromatic heterocycles. The molecule has 3 N–H and O–H groups in total. The molecule has 0 bridgehead atoms. The third-order valence-electron chi connectivity index (χ3n) is 2.56. The number of nitrogens with two attached hydrogens (primary N) is 1. The normalized spacial score (nSPS) is 10.1. The number of hydrogen-bond acceptors (Lipinski definition) is 4. The summed E-state index contributed by atoms with van der Waals surface area (Å²) in [4.78, 5) is 22.5. The van der Waals surface area contributed by atoms with E-state index in [1.165, 1.54) is 6.26 Å². The monoisotopic (exact) mass is 274 g/mol. The lowest BCUT2D eigenvalue weighted by molar-refractivity contribution is -0.119. The number of carbonyl (C=O) groups is 2. The lowest BCUT2D eigenvalue weighted by Gasteiger charge is -2.06. The molecule has 2 rings (SSSR count). The van der Waals surface area contributed by atoms with Crippen molar-refractivity contribution in [3.63, 3.8) is 0 Å². The quantitative estimate of drug-likeness (QED) is 0.867. The van der Waals surface area contributed by atoms with Crippen LogP contribution in [0.3, 0.4) is 0 Å². The lowest BCUT2D eigenvalue weighted by atomic mass is 10.2. The zero-order chi connectivity index (χ0) is 14.5. The van der Waals surface area contributed by atoms with Crippen molar-refractivity contribution in [2.24, 2.45) is 5.73 Å². The number of benzene rings is 1. The van der Waals surface area contributed by atoms with E-state index in [-0.39, 0.29) is 18.3 Å². The van der Waals surface area contributed by atoms with Crippen LogP contribution in [-0.4, -0.2) is 18.4 Å². The SMILES string of the molecule is Cc1ccoc1C(=O)Nc1ccc(OCC(N)=O)cc1. The second-order valence-electron chi connectivity index (χ2n) is 4.17. The topological polar surface area (TPSA) is 94.6 Å². The summed E-state index contributed by atoms with van der Waals surface area (Å²) < 4.78 is 10.2. The summed E-state index contributed by atoms with van der Waals surface area (Å²) in [5.74, 6) is -0.0935. The zero-order valence-electron chi connectivity index (χ0n) is 10.9. The van der Waals surface area contributed by atoms with E-state index in [0.29, 0.717) is 11.4 Å². The minimum Gasteiger partial charge on any atom is -0.484 e. The first-order chi connectivity index (χ1) is 9.56. The molecule has 0 unspecified atom stereocenters. The van der Waals surface area contributed by atoms with Crippen LogP contribution in [-0.2, 0) is 4.79 Å². The third kappa shape index (κ3) is 3.38. The highest BCUT2D eigenvalue weighted by Gasteiger charge is 2.12. The first-order valence-electron chi connectivity index (χ1n) is 5.93. The molecule has 1 aromatic carbocycles. The number of hydrogen-bond donors (Lipinski definition) is 2. The molecule has 0 saturated carbocycles. The van der Waals surface area contributed by atoms with Gasteiger partial charge in [-0.15, -0.1) is 0 Å². The van der Waals surface area contributed by atoms with Crippen LogP contribution in [0.1, 0.15) is 16.1 Å². The standard InChI is InChI=1S/C14H14N2O4/c1-9-6-7-19-13(9)14(18)16-10-2-4-11(5-3-10)20-8-12(15)17/h2-7H,8H2,1H3,(H2,15,17)(H,16,18). The minimum atomic E-state index is -0.546. The average Bonchev–Trinajstić information content (AvgIpc) is 2.84. The van der Waals surface area contributed by atoms with Crippen LogP contribution in [0.4, 0.5) is 5.69 Å². The first-order valence-corrected chi connectivity index (χ1v) is 5.93. The minimum absolute atomic E-state index is 0.183. The smallest absolute Gasteiger partial charge is 0.291 e. The molecule has 104 valence electrons. The molecule has 0 radical (unpaired) electrons. The molecule has 20 heavy (non-hydrogen) atoms. The highest BCUT2D eigenvalue weighted by atomic mass is 16.5. The van der Waals surface area contributed by atoms with Gasteiger partial charge in [-0.05, 0) is 37.3 Å². The van der Waals surface area contributed by atoms with Crippen LogP contribution in [0.2, 0.25) is 0 Å². The van der Waals surface area contributed by atoms with Gasteiger partial charge in [-0.1, -0.05) is 0 Å². The number of furan rings is 1. The molecule has 2 amide bonds. The van der Waals surface area contributed by atoms with Gasteiger partial charge in [0, 0.05) is 11.3 Å². The highest BCUT2D eigenvalue weighted by molar-refractivity contribution is 6.03. The Morgan fingerprint density at radius 1 is 1.25 bits per heavy atom. The number of carbonyl (C=O) groups excluding carboxylic acids is 2. The number of ether oxygens (including phenoxy) is 1. The molecule has 0 aliphatic carbocycles. The van der Waals surface area contributed by atoms with Crippen molar-refractivity contribution in [3.05, 3.63) is 47.9 Å². The summed E-state index contributed by atoms with van der Waals surface area (Å²) in [5, 5.41) is 2.70. The molecule has 0 spiro atoms. The van der Waals surface area contributed by atoms with Crippen LogP contribution in [0.25, 0.3) is 0 Å². The fourth-order valence-electron chi connectivity index (χ4n) is 1.58. The molecule has 0 fully saturated rings. The van der Waals surface area contributed by atoms with Gasteiger partial charge in [0.25, 0.3) is 11.8 Å². The van der Waals surface area contributed by atoms with Crippen molar-refractivity contribution in [1.82, 2.24) is 0 Å². The van der Waals surface area contributed by atoms with E-state index in [2.05, 4.69) is 5.32 Å². The molecular weight excluding hydrogens is 260 g/mol. The summed E-state index contributed by atoms with van der Waals surface area (Å²) in [7, 11) is 0. The molecule has 0 aliphatic rings. The lowest BCUT2D eigenvalue weighted by Crippen LogP contribution is -2.20. The molecule has 0 saturated heterocycles. The fraction of sp³-hybridized carbons (Fsp3) is 0.143. The van der Waals surface area contributed by atoms with Crippen molar-refractivity contribution in [1.29, 1.82) is 0 Å². The Bertz CT molecular complexity index is 616. The second kappa shape index (κ2) is 5.92. The number of rotatable bonds is 5. The average molecular weight is 274 g/mol. The molecule has 2 aromatic rings. The van der Waals surface area contributed by atoms with Gasteiger partial charge in [0.2, 0.25) is 0 Å². The van der Waals surface area contributed by atoms with Crippen molar-refractivity contribution < 1.29 is 18.7 Å². The predicted octanol–water partition coefficient (Wildman–Crippen LogP) is 1.70. The maximum absolute atomic E-state index is 11.9. The van der Waals surface area contributed by atoms with Crippen molar-refractivity contribution >= 4 is 17.5 Å². The Hall–Kier alpha value is -2.76. The Morgan fingerprint density at radius 2 is 1.95 bits per heavy atom. The molecule has 6 heteroatoms. The Labute approximate surface area is 115 Å². The van der Waals surface area contributed by atoms with Crippen LogP contribution >= 0.6 is 0 Å². The van der Waals surface area contributed by atoms with E-state index in [4.69, 9.17) is 14.9 Å². The van der Waals surface area contributed by atoms with Crippen molar-refractivity contribution in [3.8, 4) is 5.75 Å². The summed E-state index contributed by atoms with van der Waals surface area (Å²) in [6, 6.07) is 8.30. The predicted molar refractivity (Wildman–Crippen MR) is 72.5 cm³/mol. The molecule has 0 aliphatic heterocycles. The second-order valence-corrected chi connectivity index (χ2v) is 4.17. The van der Waals surface area contributed by atoms with Crippen LogP contribution in [0, 0.1) is 6.92 Å². The van der Waals surface area contributed by atoms with Crippen LogP contribution in [0.5, 0.6) is 5.75 Å². The largest absolute Gasteiger partial charge is 0.484 e. The van der Waals surface area contributed by atoms with Gasteiger partial charge in [-0.25, -0.2) is 0 Å². The van der Waals surface area contributed by atoms with E-state index in [1.54, 1.807) is 37.3 Å². The molecule has 6 nitrogen and oxygen atoms in total. The first kappa shape index (κ1) is 13.7. The number of nitrogens with one attached hydrogen (secondary N) is 1. The zero-order valence-corrected chi connectivity index (χ0v) is 10.9. The van der Waals surface area contributed by atoms with Gasteiger partial charge < -0.3 is 20.2 Å². The Morgan fingerprint density at radius 3 is 2.50 bits per heavy atom. The van der Waals surface area contributed by atoms with E-state index >= 15 is 0 Å². The Balaban J connectivity index is 1.99. The van der Waals surface area contributed by atoms with Gasteiger partial charge in [-0.3, -0.25) is 9.59 Å². The number of anilines is 1. The number of primary amides is 1. The van der Waals surface area contributed by atoms with E-state index in [0.717, 1.165) is 5.56 Å². The highest BCUT2D eigenvalue weighted by Crippen LogP contribution is 2.17. The number of amides is 2. The van der Waals surface area contributed by atoms with Crippen LogP contribution in [0.15, 0.2) is 41.0 Å². The van der Waals surface area contributed by atoms with E-state index < -0.39 is 5.91 Å². The van der Waals surface area contributed by atoms with Gasteiger partial charge in [0.15, 0.2) is 12.4 Å². The molecular formula is C14H14N2O4.